The largest absolute Gasteiger partial charge is 0.367 e. The summed E-state index contributed by atoms with van der Waals surface area (Å²) < 4.78 is 0.938. The number of anilines is 2. The van der Waals surface area contributed by atoms with Crippen molar-refractivity contribution in [3.63, 3.8) is 0 Å². The number of halogens is 2. The van der Waals surface area contributed by atoms with Crippen LogP contribution < -0.4 is 10.2 Å². The van der Waals surface area contributed by atoms with Crippen LogP contribution in [-0.2, 0) is 0 Å². The Morgan fingerprint density at radius 1 is 1.22 bits per heavy atom. The first kappa shape index (κ1) is 16.8. The summed E-state index contributed by atoms with van der Waals surface area (Å²) in [7, 11) is 2.12. The lowest BCUT2D eigenvalue weighted by atomic mass is 10.2. The lowest BCUT2D eigenvalue weighted by Crippen LogP contribution is -2.44. The number of likely N-dealkylation sites (N-methyl/N-ethyl adjacent to an activating group) is 1. The number of nitrogens with one attached hydrogen (secondary N) is 1. The van der Waals surface area contributed by atoms with E-state index in [2.05, 4.69) is 38.1 Å². The maximum atomic E-state index is 12.4. The summed E-state index contributed by atoms with van der Waals surface area (Å²) in [6.07, 6.45) is 0. The molecule has 2 aromatic rings. The highest BCUT2D eigenvalue weighted by atomic mass is 79.9. The molecule has 2 heterocycles. The average Bonchev–Trinajstić information content (AvgIpc) is 2.95. The molecular formula is C16H17BrClN3OS. The first-order valence-corrected chi connectivity index (χ1v) is 9.31. The molecule has 1 aliphatic rings. The molecule has 3 rings (SSSR count). The van der Waals surface area contributed by atoms with Gasteiger partial charge in [0, 0.05) is 31.2 Å². The highest BCUT2D eigenvalue weighted by Gasteiger charge is 2.19. The minimum Gasteiger partial charge on any atom is -0.367 e. The fourth-order valence-corrected chi connectivity index (χ4v) is 4.01. The van der Waals surface area contributed by atoms with Crippen molar-refractivity contribution in [2.24, 2.45) is 0 Å². The van der Waals surface area contributed by atoms with Crippen molar-refractivity contribution >= 4 is 56.1 Å². The van der Waals surface area contributed by atoms with Crippen LogP contribution in [0.1, 0.15) is 9.67 Å². The summed E-state index contributed by atoms with van der Waals surface area (Å²) in [5, 5.41) is 3.62. The van der Waals surface area contributed by atoms with Crippen LogP contribution >= 0.6 is 38.9 Å². The quantitative estimate of drug-likeness (QED) is 0.819. The van der Waals surface area contributed by atoms with Crippen molar-refractivity contribution in [1.29, 1.82) is 0 Å². The van der Waals surface area contributed by atoms with Gasteiger partial charge in [-0.05, 0) is 53.3 Å². The van der Waals surface area contributed by atoms with Gasteiger partial charge in [-0.15, -0.1) is 11.3 Å². The third kappa shape index (κ3) is 4.07. The Kier molecular flexibility index (Phi) is 5.26. The molecule has 0 bridgehead atoms. The average molecular weight is 415 g/mol. The van der Waals surface area contributed by atoms with Crippen LogP contribution in [0.4, 0.5) is 11.4 Å². The van der Waals surface area contributed by atoms with Gasteiger partial charge in [-0.25, -0.2) is 0 Å². The zero-order chi connectivity index (χ0) is 16.4. The van der Waals surface area contributed by atoms with E-state index in [4.69, 9.17) is 11.6 Å². The second-order valence-corrected chi connectivity index (χ2v) is 8.41. The van der Waals surface area contributed by atoms with Crippen molar-refractivity contribution in [3.8, 4) is 0 Å². The van der Waals surface area contributed by atoms with E-state index in [0.717, 1.165) is 41.3 Å². The van der Waals surface area contributed by atoms with Crippen LogP contribution in [-0.4, -0.2) is 44.0 Å². The fourth-order valence-electron chi connectivity index (χ4n) is 2.55. The fraction of sp³-hybridized carbons (Fsp3) is 0.312. The summed E-state index contributed by atoms with van der Waals surface area (Å²) in [6.45, 7) is 3.89. The van der Waals surface area contributed by atoms with Gasteiger partial charge >= 0.3 is 0 Å². The minimum absolute atomic E-state index is 0.113. The summed E-state index contributed by atoms with van der Waals surface area (Å²) in [4.78, 5) is 17.7. The summed E-state index contributed by atoms with van der Waals surface area (Å²) in [5.74, 6) is -0.113. The van der Waals surface area contributed by atoms with Gasteiger partial charge in [0.15, 0.2) is 0 Å². The molecule has 1 N–H and O–H groups in total. The number of carbonyl (C=O) groups is 1. The smallest absolute Gasteiger partial charge is 0.265 e. The Hall–Kier alpha value is -1.08. The maximum absolute atomic E-state index is 12.4. The molecule has 1 aromatic carbocycles. The molecule has 0 unspecified atom stereocenters. The predicted octanol–water partition coefficient (Wildman–Crippen LogP) is 4.17. The van der Waals surface area contributed by atoms with Crippen molar-refractivity contribution < 1.29 is 4.79 Å². The second kappa shape index (κ2) is 7.21. The first-order valence-electron chi connectivity index (χ1n) is 7.32. The van der Waals surface area contributed by atoms with Crippen molar-refractivity contribution in [2.45, 2.75) is 0 Å². The van der Waals surface area contributed by atoms with Gasteiger partial charge in [-0.1, -0.05) is 11.6 Å². The molecule has 4 nitrogen and oxygen atoms in total. The molecule has 23 heavy (non-hydrogen) atoms. The number of rotatable bonds is 3. The van der Waals surface area contributed by atoms with Gasteiger partial charge in [0.25, 0.3) is 5.91 Å². The van der Waals surface area contributed by atoms with Crippen molar-refractivity contribution in [1.82, 2.24) is 4.90 Å². The summed E-state index contributed by atoms with van der Waals surface area (Å²) >= 11 is 10.9. The highest BCUT2D eigenvalue weighted by molar-refractivity contribution is 9.11. The Morgan fingerprint density at radius 3 is 2.61 bits per heavy atom. The Morgan fingerprint density at radius 2 is 1.96 bits per heavy atom. The number of hydrogen-bond acceptors (Lipinski definition) is 4. The number of amides is 1. The van der Waals surface area contributed by atoms with Gasteiger partial charge < -0.3 is 15.1 Å². The molecule has 0 saturated carbocycles. The molecule has 122 valence electrons. The molecular weight excluding hydrogens is 398 g/mol. The van der Waals surface area contributed by atoms with Gasteiger partial charge in [0.05, 0.1) is 20.0 Å². The number of hydrogen-bond donors (Lipinski definition) is 1. The zero-order valence-electron chi connectivity index (χ0n) is 12.7. The van der Waals surface area contributed by atoms with Gasteiger partial charge in [-0.2, -0.15) is 0 Å². The number of piperazine rings is 1. The molecule has 1 saturated heterocycles. The van der Waals surface area contributed by atoms with E-state index in [1.54, 1.807) is 0 Å². The Labute approximate surface area is 153 Å². The minimum atomic E-state index is -0.113. The monoisotopic (exact) mass is 413 g/mol. The number of benzene rings is 1. The summed E-state index contributed by atoms with van der Waals surface area (Å²) in [5.41, 5.74) is 1.78. The molecule has 0 spiro atoms. The van der Waals surface area contributed by atoms with E-state index >= 15 is 0 Å². The SMILES string of the molecule is CN1CCN(c2ccc(Cl)cc2NC(=O)c2ccc(Br)s2)CC1. The zero-order valence-corrected chi connectivity index (χ0v) is 15.8. The topological polar surface area (TPSA) is 35.6 Å². The van der Waals surface area contributed by atoms with E-state index in [1.165, 1.54) is 11.3 Å². The van der Waals surface area contributed by atoms with Crippen molar-refractivity contribution in [2.75, 3.05) is 43.4 Å². The van der Waals surface area contributed by atoms with Crippen LogP contribution in [0.15, 0.2) is 34.1 Å². The normalized spacial score (nSPS) is 15.7. The van der Waals surface area contributed by atoms with Crippen LogP contribution in [0.5, 0.6) is 0 Å². The van der Waals surface area contributed by atoms with E-state index in [-0.39, 0.29) is 5.91 Å². The lowest BCUT2D eigenvalue weighted by molar-refractivity contribution is 0.103. The van der Waals surface area contributed by atoms with Gasteiger partial charge in [0.1, 0.15) is 0 Å². The van der Waals surface area contributed by atoms with Crippen LogP contribution in [0.3, 0.4) is 0 Å². The third-order valence-corrected chi connectivity index (χ3v) is 5.71. The van der Waals surface area contributed by atoms with E-state index in [1.807, 2.05) is 30.3 Å². The number of thiophene rings is 1. The molecule has 0 atom stereocenters. The van der Waals surface area contributed by atoms with Crippen LogP contribution in [0.25, 0.3) is 0 Å². The van der Waals surface area contributed by atoms with E-state index in [0.29, 0.717) is 9.90 Å². The highest BCUT2D eigenvalue weighted by Crippen LogP contribution is 2.31. The predicted molar refractivity (Wildman–Crippen MR) is 101 cm³/mol. The van der Waals surface area contributed by atoms with E-state index in [9.17, 15) is 4.79 Å². The van der Waals surface area contributed by atoms with E-state index < -0.39 is 0 Å². The van der Waals surface area contributed by atoms with Crippen LogP contribution in [0, 0.1) is 0 Å². The third-order valence-electron chi connectivity index (χ3n) is 3.85. The van der Waals surface area contributed by atoms with Gasteiger partial charge in [-0.3, -0.25) is 4.79 Å². The molecule has 1 aliphatic heterocycles. The second-order valence-electron chi connectivity index (χ2n) is 5.51. The number of nitrogens with zero attached hydrogens (tertiary/aromatic N) is 2. The van der Waals surface area contributed by atoms with Gasteiger partial charge in [0.2, 0.25) is 0 Å². The molecule has 0 radical (unpaired) electrons. The first-order chi connectivity index (χ1) is 11.0. The standard InChI is InChI=1S/C16H17BrClN3OS/c1-20-6-8-21(9-7-20)13-3-2-11(18)10-12(13)19-16(22)14-4-5-15(17)23-14/h2-5,10H,6-9H2,1H3,(H,19,22). The van der Waals surface area contributed by atoms with Crippen molar-refractivity contribution in [3.05, 3.63) is 44.0 Å². The molecule has 1 aromatic heterocycles. The molecule has 0 aliphatic carbocycles. The molecule has 1 amide bonds. The number of carbonyl (C=O) groups excluding carboxylic acids is 1. The lowest BCUT2D eigenvalue weighted by Gasteiger charge is -2.35. The molecule has 1 fully saturated rings. The maximum Gasteiger partial charge on any atom is 0.265 e. The Bertz CT molecular complexity index is 713. The summed E-state index contributed by atoms with van der Waals surface area (Å²) in [6, 6.07) is 9.35. The Balaban J connectivity index is 1.83. The van der Waals surface area contributed by atoms with Crippen LogP contribution in [0.2, 0.25) is 5.02 Å². The molecule has 7 heteroatoms.